The third-order valence-electron chi connectivity index (χ3n) is 4.26. The minimum absolute atomic E-state index is 0.0778. The summed E-state index contributed by atoms with van der Waals surface area (Å²) in [5.74, 6) is -0.324. The molecule has 2 aliphatic heterocycles. The lowest BCUT2D eigenvalue weighted by molar-refractivity contribution is -0.169. The molecule has 0 radical (unpaired) electrons. The van der Waals surface area contributed by atoms with E-state index in [0.29, 0.717) is 32.0 Å². The van der Waals surface area contributed by atoms with Crippen LogP contribution in [0.1, 0.15) is 12.2 Å². The number of carbonyl (C=O) groups is 1. The second kappa shape index (κ2) is 6.52. The first kappa shape index (κ1) is 16.3. The van der Waals surface area contributed by atoms with Crippen molar-refractivity contribution in [1.82, 2.24) is 4.90 Å². The van der Waals surface area contributed by atoms with Crippen LogP contribution in [0.3, 0.4) is 0 Å². The molecule has 128 valence electrons. The minimum Gasteiger partial charge on any atom is -0.467 e. The van der Waals surface area contributed by atoms with Gasteiger partial charge in [-0.25, -0.2) is 0 Å². The fourth-order valence-corrected chi connectivity index (χ4v) is 3.19. The number of hydrogen-bond donors (Lipinski definition) is 0. The van der Waals surface area contributed by atoms with Crippen molar-refractivity contribution < 1.29 is 31.9 Å². The molecule has 1 aromatic heterocycles. The highest BCUT2D eigenvalue weighted by Crippen LogP contribution is 2.35. The first-order valence-corrected chi connectivity index (χ1v) is 7.51. The van der Waals surface area contributed by atoms with Crippen LogP contribution in [-0.4, -0.2) is 49.5 Å². The van der Waals surface area contributed by atoms with Crippen molar-refractivity contribution >= 4 is 5.91 Å². The molecule has 1 aromatic rings. The van der Waals surface area contributed by atoms with E-state index in [2.05, 4.69) is 0 Å². The molecule has 0 saturated carbocycles. The zero-order valence-corrected chi connectivity index (χ0v) is 12.4. The molecule has 0 spiro atoms. The van der Waals surface area contributed by atoms with Crippen molar-refractivity contribution in [1.29, 1.82) is 0 Å². The standard InChI is InChI=1S/C15H18F3NO4/c16-15(17,18)9-19(6-11-2-1-4-22-11)14(20)13-12-3-5-21-7-10(12)8-23-13/h1-2,4,10,12-13H,3,5-9H2/t10-,12-,13+/m0/s1. The molecular formula is C15H18F3NO4. The van der Waals surface area contributed by atoms with Gasteiger partial charge in [-0.1, -0.05) is 0 Å². The smallest absolute Gasteiger partial charge is 0.406 e. The second-order valence-corrected chi connectivity index (χ2v) is 5.93. The predicted octanol–water partition coefficient (Wildman–Crippen LogP) is 2.22. The van der Waals surface area contributed by atoms with Crippen LogP contribution in [-0.2, 0) is 20.8 Å². The summed E-state index contributed by atoms with van der Waals surface area (Å²) in [7, 11) is 0. The molecule has 0 N–H and O–H groups in total. The van der Waals surface area contributed by atoms with Crippen LogP contribution >= 0.6 is 0 Å². The van der Waals surface area contributed by atoms with Gasteiger partial charge in [0.15, 0.2) is 0 Å². The third-order valence-corrected chi connectivity index (χ3v) is 4.26. The molecule has 3 atom stereocenters. The van der Waals surface area contributed by atoms with E-state index in [9.17, 15) is 18.0 Å². The summed E-state index contributed by atoms with van der Waals surface area (Å²) in [4.78, 5) is 13.4. The van der Waals surface area contributed by atoms with E-state index in [-0.39, 0.29) is 18.4 Å². The van der Waals surface area contributed by atoms with Gasteiger partial charge in [-0.05, 0) is 18.6 Å². The van der Waals surface area contributed by atoms with E-state index in [1.54, 1.807) is 12.1 Å². The lowest BCUT2D eigenvalue weighted by atomic mass is 9.86. The topological polar surface area (TPSA) is 51.9 Å². The summed E-state index contributed by atoms with van der Waals surface area (Å²) in [5, 5.41) is 0. The van der Waals surface area contributed by atoms with Crippen LogP contribution in [0.25, 0.3) is 0 Å². The molecule has 2 fully saturated rings. The zero-order valence-electron chi connectivity index (χ0n) is 12.4. The van der Waals surface area contributed by atoms with Crippen molar-refractivity contribution in [3.63, 3.8) is 0 Å². The van der Waals surface area contributed by atoms with Crippen LogP contribution in [0.5, 0.6) is 0 Å². The number of ether oxygens (including phenoxy) is 2. The van der Waals surface area contributed by atoms with E-state index in [0.717, 1.165) is 4.90 Å². The number of alkyl halides is 3. The number of rotatable bonds is 4. The number of nitrogens with zero attached hydrogens (tertiary/aromatic N) is 1. The van der Waals surface area contributed by atoms with Crippen LogP contribution in [0.4, 0.5) is 13.2 Å². The van der Waals surface area contributed by atoms with E-state index in [1.807, 2.05) is 0 Å². The molecule has 2 aliphatic rings. The number of amides is 1. The largest absolute Gasteiger partial charge is 0.467 e. The normalized spacial score (nSPS) is 27.7. The van der Waals surface area contributed by atoms with E-state index >= 15 is 0 Å². The molecule has 0 aromatic carbocycles. The van der Waals surface area contributed by atoms with Gasteiger partial charge in [-0.2, -0.15) is 13.2 Å². The second-order valence-electron chi connectivity index (χ2n) is 5.93. The third kappa shape index (κ3) is 3.87. The molecular weight excluding hydrogens is 315 g/mol. The molecule has 3 heterocycles. The highest BCUT2D eigenvalue weighted by molar-refractivity contribution is 5.81. The van der Waals surface area contributed by atoms with Gasteiger partial charge in [-0.15, -0.1) is 0 Å². The lowest BCUT2D eigenvalue weighted by Crippen LogP contribution is -2.46. The van der Waals surface area contributed by atoms with E-state index in [1.165, 1.54) is 6.26 Å². The summed E-state index contributed by atoms with van der Waals surface area (Å²) >= 11 is 0. The molecule has 0 bridgehead atoms. The maximum Gasteiger partial charge on any atom is 0.406 e. The molecule has 2 saturated heterocycles. The van der Waals surface area contributed by atoms with Gasteiger partial charge in [0.05, 0.1) is 26.0 Å². The van der Waals surface area contributed by atoms with Gasteiger partial charge in [0.2, 0.25) is 0 Å². The Hall–Kier alpha value is -1.54. The first-order valence-electron chi connectivity index (χ1n) is 7.51. The Morgan fingerprint density at radius 2 is 2.17 bits per heavy atom. The SMILES string of the molecule is O=C([C@@H]1OC[C@@H]2COCC[C@@H]21)N(Cc1ccco1)CC(F)(F)F. The molecule has 8 heteroatoms. The number of furan rings is 1. The predicted molar refractivity (Wildman–Crippen MR) is 72.3 cm³/mol. The molecule has 0 aliphatic carbocycles. The number of halogens is 3. The monoisotopic (exact) mass is 333 g/mol. The lowest BCUT2D eigenvalue weighted by Gasteiger charge is -2.30. The highest BCUT2D eigenvalue weighted by Gasteiger charge is 2.46. The van der Waals surface area contributed by atoms with Crippen molar-refractivity contribution in [3.8, 4) is 0 Å². The van der Waals surface area contributed by atoms with Crippen molar-refractivity contribution in [2.24, 2.45) is 11.8 Å². The molecule has 1 amide bonds. The maximum atomic E-state index is 12.8. The quantitative estimate of drug-likeness (QED) is 0.848. The van der Waals surface area contributed by atoms with Crippen molar-refractivity contribution in [2.75, 3.05) is 26.4 Å². The fourth-order valence-electron chi connectivity index (χ4n) is 3.19. The van der Waals surface area contributed by atoms with Crippen molar-refractivity contribution in [3.05, 3.63) is 24.2 Å². The molecule has 23 heavy (non-hydrogen) atoms. The highest BCUT2D eigenvalue weighted by atomic mass is 19.4. The Bertz CT molecular complexity index is 531. The Balaban J connectivity index is 1.73. The first-order chi connectivity index (χ1) is 10.9. The number of hydrogen-bond acceptors (Lipinski definition) is 4. The van der Waals surface area contributed by atoms with Crippen molar-refractivity contribution in [2.45, 2.75) is 25.2 Å². The van der Waals surface area contributed by atoms with Gasteiger partial charge < -0.3 is 18.8 Å². The van der Waals surface area contributed by atoms with Gasteiger partial charge in [0.25, 0.3) is 5.91 Å². The van der Waals surface area contributed by atoms with Crippen LogP contribution in [0.2, 0.25) is 0 Å². The molecule has 5 nitrogen and oxygen atoms in total. The van der Waals surface area contributed by atoms with Gasteiger partial charge in [-0.3, -0.25) is 4.79 Å². The summed E-state index contributed by atoms with van der Waals surface area (Å²) in [6.45, 7) is -0.196. The van der Waals surface area contributed by atoms with E-state index in [4.69, 9.17) is 13.9 Å². The van der Waals surface area contributed by atoms with Gasteiger partial charge in [0, 0.05) is 18.4 Å². The maximum absolute atomic E-state index is 12.8. The fraction of sp³-hybridized carbons (Fsp3) is 0.667. The number of fused-ring (bicyclic) bond motifs is 1. The van der Waals surface area contributed by atoms with Gasteiger partial charge in [0.1, 0.15) is 18.4 Å². The molecule has 3 rings (SSSR count). The van der Waals surface area contributed by atoms with Crippen LogP contribution in [0.15, 0.2) is 22.8 Å². The molecule has 0 unspecified atom stereocenters. The average Bonchev–Trinajstić information content (AvgIpc) is 3.13. The minimum atomic E-state index is -4.48. The van der Waals surface area contributed by atoms with E-state index < -0.39 is 24.7 Å². The summed E-state index contributed by atoms with van der Waals surface area (Å²) in [6, 6.07) is 3.12. The van der Waals surface area contributed by atoms with Crippen LogP contribution in [0, 0.1) is 11.8 Å². The Morgan fingerprint density at radius 3 is 2.87 bits per heavy atom. The number of carbonyl (C=O) groups excluding carboxylic acids is 1. The van der Waals surface area contributed by atoms with Gasteiger partial charge >= 0.3 is 6.18 Å². The summed E-state index contributed by atoms with van der Waals surface area (Å²) in [5.41, 5.74) is 0. The summed E-state index contributed by atoms with van der Waals surface area (Å²) in [6.07, 6.45) is -3.31. The zero-order chi connectivity index (χ0) is 16.4. The Labute approximate surface area is 131 Å². The Kier molecular flexibility index (Phi) is 4.63. The summed E-state index contributed by atoms with van der Waals surface area (Å²) < 4.78 is 54.4. The van der Waals surface area contributed by atoms with Crippen LogP contribution < -0.4 is 0 Å². The Morgan fingerprint density at radius 1 is 1.35 bits per heavy atom. The average molecular weight is 333 g/mol.